The third kappa shape index (κ3) is 5.03. The summed E-state index contributed by atoms with van der Waals surface area (Å²) in [5.41, 5.74) is 0.464. The van der Waals surface area contributed by atoms with Crippen LogP contribution in [0.5, 0.6) is 17.2 Å². The number of hydrazone groups is 1. The molecule has 0 aliphatic heterocycles. The second-order valence-electron chi connectivity index (χ2n) is 5.04. The van der Waals surface area contributed by atoms with Gasteiger partial charge in [-0.25, -0.2) is 4.83 Å². The normalized spacial score (nSPS) is 11.5. The molecule has 0 aliphatic carbocycles. The van der Waals surface area contributed by atoms with E-state index in [1.165, 1.54) is 30.5 Å². The van der Waals surface area contributed by atoms with E-state index in [0.29, 0.717) is 24.5 Å². The lowest BCUT2D eigenvalue weighted by molar-refractivity contribution is 0.318. The summed E-state index contributed by atoms with van der Waals surface area (Å²) in [6.07, 6.45) is 1.26. The van der Waals surface area contributed by atoms with Crippen LogP contribution in [0.1, 0.15) is 19.4 Å². The Morgan fingerprint density at radius 3 is 2.42 bits per heavy atom. The van der Waals surface area contributed by atoms with Crippen molar-refractivity contribution in [1.82, 2.24) is 4.83 Å². The Morgan fingerprint density at radius 2 is 1.81 bits per heavy atom. The lowest BCUT2D eigenvalue weighted by atomic mass is 10.2. The summed E-state index contributed by atoms with van der Waals surface area (Å²) in [6.45, 7) is 4.44. The molecule has 2 aromatic rings. The summed E-state index contributed by atoms with van der Waals surface area (Å²) in [5.74, 6) is 0.591. The molecule has 9 heteroatoms. The van der Waals surface area contributed by atoms with Crippen molar-refractivity contribution >= 4 is 27.8 Å². The van der Waals surface area contributed by atoms with Crippen molar-refractivity contribution < 1.29 is 23.0 Å². The Morgan fingerprint density at radius 1 is 1.15 bits per heavy atom. The highest BCUT2D eigenvalue weighted by molar-refractivity contribution is 7.89. The zero-order valence-corrected chi connectivity index (χ0v) is 15.8. The van der Waals surface area contributed by atoms with Crippen LogP contribution in [-0.4, -0.2) is 33.0 Å². The summed E-state index contributed by atoms with van der Waals surface area (Å²) in [7, 11) is -3.82. The molecule has 0 saturated heterocycles. The van der Waals surface area contributed by atoms with E-state index >= 15 is 0 Å². The van der Waals surface area contributed by atoms with Crippen LogP contribution in [0.3, 0.4) is 0 Å². The molecule has 2 N–H and O–H groups in total. The molecular weight excluding hydrogens is 380 g/mol. The van der Waals surface area contributed by atoms with Crippen molar-refractivity contribution in [3.8, 4) is 17.2 Å². The minimum Gasteiger partial charge on any atom is -0.503 e. The Labute approximate surface area is 157 Å². The largest absolute Gasteiger partial charge is 0.503 e. The van der Waals surface area contributed by atoms with E-state index in [1.54, 1.807) is 19.1 Å². The van der Waals surface area contributed by atoms with E-state index in [9.17, 15) is 13.5 Å². The zero-order chi connectivity index (χ0) is 19.2. The first kappa shape index (κ1) is 19.9. The van der Waals surface area contributed by atoms with Crippen molar-refractivity contribution in [2.24, 2.45) is 5.10 Å². The number of nitrogens with one attached hydrogen (secondary N) is 1. The van der Waals surface area contributed by atoms with Crippen LogP contribution in [0.2, 0.25) is 5.02 Å². The number of ether oxygens (including phenoxy) is 2. The summed E-state index contributed by atoms with van der Waals surface area (Å²) in [4.78, 5) is 2.17. The lowest BCUT2D eigenvalue weighted by Gasteiger charge is -2.08. The van der Waals surface area contributed by atoms with Crippen molar-refractivity contribution in [3.05, 3.63) is 47.0 Å². The molecule has 0 bridgehead atoms. The monoisotopic (exact) mass is 398 g/mol. The maximum Gasteiger partial charge on any atom is 0.276 e. The highest BCUT2D eigenvalue weighted by atomic mass is 35.5. The molecule has 0 saturated carbocycles. The molecule has 0 amide bonds. The lowest BCUT2D eigenvalue weighted by Crippen LogP contribution is -2.18. The molecule has 0 atom stereocenters. The average Bonchev–Trinajstić information content (AvgIpc) is 2.60. The second-order valence-corrected chi connectivity index (χ2v) is 7.11. The first-order valence-electron chi connectivity index (χ1n) is 7.80. The number of phenolic OH excluding ortho intramolecular Hbond substituents is 1. The number of phenols is 1. The van der Waals surface area contributed by atoms with E-state index in [1.807, 2.05) is 6.92 Å². The van der Waals surface area contributed by atoms with Gasteiger partial charge in [0.05, 0.1) is 29.3 Å². The number of nitrogens with zero attached hydrogens (tertiary/aromatic N) is 1. The van der Waals surface area contributed by atoms with Crippen LogP contribution in [-0.2, 0) is 10.0 Å². The maximum atomic E-state index is 12.2. The van der Waals surface area contributed by atoms with Crippen LogP contribution >= 0.6 is 11.6 Å². The molecule has 2 aromatic carbocycles. The molecule has 0 spiro atoms. The van der Waals surface area contributed by atoms with Gasteiger partial charge in [0, 0.05) is 0 Å². The van der Waals surface area contributed by atoms with Crippen LogP contribution in [0.4, 0.5) is 0 Å². The molecule has 0 heterocycles. The molecule has 0 aromatic heterocycles. The summed E-state index contributed by atoms with van der Waals surface area (Å²) >= 11 is 5.92. The highest BCUT2D eigenvalue weighted by Gasteiger charge is 2.13. The highest BCUT2D eigenvalue weighted by Crippen LogP contribution is 2.34. The molecule has 140 valence electrons. The molecule has 26 heavy (non-hydrogen) atoms. The van der Waals surface area contributed by atoms with Gasteiger partial charge in [-0.15, -0.1) is 0 Å². The number of rotatable bonds is 8. The molecule has 0 fully saturated rings. The van der Waals surface area contributed by atoms with Gasteiger partial charge >= 0.3 is 0 Å². The Kier molecular flexibility index (Phi) is 6.70. The molecule has 7 nitrogen and oxygen atoms in total. The first-order valence-corrected chi connectivity index (χ1v) is 9.66. The van der Waals surface area contributed by atoms with Gasteiger partial charge in [-0.3, -0.25) is 0 Å². The van der Waals surface area contributed by atoms with Gasteiger partial charge in [0.15, 0.2) is 11.5 Å². The van der Waals surface area contributed by atoms with Crippen molar-refractivity contribution in [1.29, 1.82) is 0 Å². The third-order valence-corrected chi connectivity index (χ3v) is 4.71. The van der Waals surface area contributed by atoms with Crippen molar-refractivity contribution in [3.63, 3.8) is 0 Å². The first-order chi connectivity index (χ1) is 12.4. The minimum absolute atomic E-state index is 0.0526. The molecular formula is C17H19ClN2O5S. The van der Waals surface area contributed by atoms with Gasteiger partial charge < -0.3 is 14.6 Å². The molecule has 0 unspecified atom stereocenters. The van der Waals surface area contributed by atoms with Crippen molar-refractivity contribution in [2.45, 2.75) is 18.7 Å². The smallest absolute Gasteiger partial charge is 0.276 e. The Hall–Kier alpha value is -2.45. The van der Waals surface area contributed by atoms with E-state index < -0.39 is 10.0 Å². The van der Waals surface area contributed by atoms with Gasteiger partial charge in [-0.1, -0.05) is 11.6 Å². The van der Waals surface area contributed by atoms with Crippen LogP contribution in [0.25, 0.3) is 0 Å². The van der Waals surface area contributed by atoms with E-state index in [0.717, 1.165) is 0 Å². The Bertz CT molecular complexity index is 883. The van der Waals surface area contributed by atoms with Gasteiger partial charge in [0.2, 0.25) is 0 Å². The van der Waals surface area contributed by atoms with E-state index in [-0.39, 0.29) is 21.4 Å². The summed E-state index contributed by atoms with van der Waals surface area (Å²) < 4.78 is 35.0. The number of hydrogen-bond donors (Lipinski definition) is 2. The predicted molar refractivity (Wildman–Crippen MR) is 99.8 cm³/mol. The third-order valence-electron chi connectivity index (χ3n) is 3.18. The summed E-state index contributed by atoms with van der Waals surface area (Å²) in [5, 5.41) is 13.6. The number of halogens is 1. The van der Waals surface area contributed by atoms with Gasteiger partial charge in [-0.2, -0.15) is 13.5 Å². The topological polar surface area (TPSA) is 97.2 Å². The molecule has 0 aliphatic rings. The fourth-order valence-corrected chi connectivity index (χ4v) is 3.05. The second kappa shape index (κ2) is 8.77. The number of benzene rings is 2. The predicted octanol–water partition coefficient (Wildman–Crippen LogP) is 3.16. The van der Waals surface area contributed by atoms with Crippen LogP contribution in [0, 0.1) is 0 Å². The quantitative estimate of drug-likeness (QED) is 0.525. The Balaban J connectivity index is 2.13. The number of aromatic hydroxyl groups is 1. The zero-order valence-electron chi connectivity index (χ0n) is 14.3. The fourth-order valence-electron chi connectivity index (χ4n) is 2.04. The van der Waals surface area contributed by atoms with Gasteiger partial charge in [0.1, 0.15) is 5.75 Å². The molecule has 2 rings (SSSR count). The van der Waals surface area contributed by atoms with Crippen molar-refractivity contribution in [2.75, 3.05) is 13.2 Å². The van der Waals surface area contributed by atoms with Crippen LogP contribution < -0.4 is 14.3 Å². The van der Waals surface area contributed by atoms with Gasteiger partial charge in [-0.05, 0) is 55.8 Å². The number of hydrogen-bond acceptors (Lipinski definition) is 6. The minimum atomic E-state index is -3.82. The fraction of sp³-hybridized carbons (Fsp3) is 0.235. The van der Waals surface area contributed by atoms with Gasteiger partial charge in [0.25, 0.3) is 10.0 Å². The average molecular weight is 399 g/mol. The van der Waals surface area contributed by atoms with Crippen LogP contribution in [0.15, 0.2) is 46.4 Å². The van der Waals surface area contributed by atoms with E-state index in [4.69, 9.17) is 21.1 Å². The summed E-state index contributed by atoms with van der Waals surface area (Å²) in [6, 6.07) is 8.92. The number of sulfonamides is 1. The van der Waals surface area contributed by atoms with E-state index in [2.05, 4.69) is 9.93 Å². The maximum absolute atomic E-state index is 12.2. The molecule has 0 radical (unpaired) electrons. The SMILES string of the molecule is CCOc1ccc(S(=O)(=O)N/N=C/c2cc(Cl)c(O)c(OCC)c2)cc1. The standard InChI is InChI=1S/C17H19ClN2O5S/c1-3-24-13-5-7-14(8-6-13)26(22,23)20-19-11-12-9-15(18)17(21)16(10-12)25-4-2/h5-11,20-21H,3-4H2,1-2H3/b19-11+.